The number of rotatable bonds is 3. The van der Waals surface area contributed by atoms with Gasteiger partial charge in [-0.25, -0.2) is 0 Å². The molecule has 1 aliphatic carbocycles. The third-order valence-corrected chi connectivity index (χ3v) is 6.57. The number of phenols is 1. The topological polar surface area (TPSA) is 23.5 Å². The van der Waals surface area contributed by atoms with E-state index in [-0.39, 0.29) is 0 Å². The molecule has 1 aliphatic heterocycles. The van der Waals surface area contributed by atoms with Crippen molar-refractivity contribution in [2.75, 3.05) is 13.1 Å². The van der Waals surface area contributed by atoms with E-state index in [0.29, 0.717) is 17.7 Å². The van der Waals surface area contributed by atoms with Crippen molar-refractivity contribution in [1.82, 2.24) is 4.90 Å². The fourth-order valence-corrected chi connectivity index (χ4v) is 5.34. The Morgan fingerprint density at radius 2 is 2.17 bits per heavy atom. The van der Waals surface area contributed by atoms with Gasteiger partial charge in [0, 0.05) is 29.9 Å². The number of benzene rings is 1. The van der Waals surface area contributed by atoms with E-state index in [1.165, 1.54) is 48.4 Å². The summed E-state index contributed by atoms with van der Waals surface area (Å²) < 4.78 is 0. The molecule has 1 N–H and O–H groups in total. The van der Waals surface area contributed by atoms with Gasteiger partial charge in [-0.05, 0) is 60.2 Å². The van der Waals surface area contributed by atoms with Crippen LogP contribution in [0, 0.1) is 5.92 Å². The van der Waals surface area contributed by atoms with Gasteiger partial charge < -0.3 is 5.11 Å². The van der Waals surface area contributed by atoms with E-state index in [9.17, 15) is 5.11 Å². The minimum Gasteiger partial charge on any atom is -0.508 e. The molecule has 0 saturated carbocycles. The molecular formula is C20H25NOS. The third kappa shape index (κ3) is 2.92. The molecule has 0 spiro atoms. The first-order valence-electron chi connectivity index (χ1n) is 8.79. The predicted octanol–water partition coefficient (Wildman–Crippen LogP) is 4.44. The summed E-state index contributed by atoms with van der Waals surface area (Å²) >= 11 is 1.87. The normalized spacial score (nSPS) is 27.4. The van der Waals surface area contributed by atoms with Crippen molar-refractivity contribution >= 4 is 11.3 Å². The average Bonchev–Trinajstić information content (AvgIpc) is 3.06. The highest BCUT2D eigenvalue weighted by Gasteiger charge is 2.39. The van der Waals surface area contributed by atoms with Crippen molar-refractivity contribution in [2.45, 2.75) is 44.6 Å². The fourth-order valence-electron chi connectivity index (χ4n) is 4.64. The lowest BCUT2D eigenvalue weighted by molar-refractivity contribution is 0.0821. The Morgan fingerprint density at radius 1 is 1.26 bits per heavy atom. The van der Waals surface area contributed by atoms with Crippen LogP contribution < -0.4 is 0 Å². The maximum Gasteiger partial charge on any atom is 0.119 e. The zero-order valence-corrected chi connectivity index (χ0v) is 14.6. The molecule has 2 aromatic rings. The summed E-state index contributed by atoms with van der Waals surface area (Å²) in [5.74, 6) is 1.83. The summed E-state index contributed by atoms with van der Waals surface area (Å²) in [5.41, 5.74) is 2.62. The minimum absolute atomic E-state index is 0.504. The Bertz CT molecular complexity index is 666. The van der Waals surface area contributed by atoms with Crippen LogP contribution in [0.5, 0.6) is 5.75 Å². The number of fused-ring (bicyclic) bond motifs is 3. The molecule has 2 nitrogen and oxygen atoms in total. The summed E-state index contributed by atoms with van der Waals surface area (Å²) in [4.78, 5) is 4.22. The SMILES string of the molecule is CC1CC2c3cccc(O)c3CCC2N(CCc2cccs2)C1. The molecule has 3 unspecified atom stereocenters. The van der Waals surface area contributed by atoms with E-state index >= 15 is 0 Å². The number of thiophene rings is 1. The molecule has 3 atom stereocenters. The van der Waals surface area contributed by atoms with E-state index in [4.69, 9.17) is 0 Å². The molecule has 3 heteroatoms. The fraction of sp³-hybridized carbons (Fsp3) is 0.500. The number of piperidine rings is 1. The average molecular weight is 327 g/mol. The van der Waals surface area contributed by atoms with E-state index in [1.54, 1.807) is 0 Å². The van der Waals surface area contributed by atoms with E-state index in [0.717, 1.165) is 12.3 Å². The van der Waals surface area contributed by atoms with Gasteiger partial charge in [0.25, 0.3) is 0 Å². The molecule has 1 fully saturated rings. The number of likely N-dealkylation sites (tertiary alicyclic amines) is 1. The van der Waals surface area contributed by atoms with Gasteiger partial charge in [0.1, 0.15) is 5.75 Å². The Morgan fingerprint density at radius 3 is 3.00 bits per heavy atom. The van der Waals surface area contributed by atoms with Gasteiger partial charge in [0.05, 0.1) is 0 Å². The summed E-state index contributed by atoms with van der Waals surface area (Å²) in [5, 5.41) is 12.4. The lowest BCUT2D eigenvalue weighted by Crippen LogP contribution is -2.49. The van der Waals surface area contributed by atoms with Crippen LogP contribution in [-0.2, 0) is 12.8 Å². The maximum atomic E-state index is 10.2. The third-order valence-electron chi connectivity index (χ3n) is 5.64. The quantitative estimate of drug-likeness (QED) is 0.901. The molecule has 1 saturated heterocycles. The molecule has 0 bridgehead atoms. The molecule has 122 valence electrons. The standard InChI is InChI=1S/C20H25NOS/c1-14-12-18-16-5-2-6-20(22)17(16)7-8-19(18)21(13-14)10-9-15-4-3-11-23-15/h2-6,11,14,18-19,22H,7-10,12-13H2,1H3. The van der Waals surface area contributed by atoms with E-state index in [2.05, 4.69) is 35.4 Å². The predicted molar refractivity (Wildman–Crippen MR) is 96.3 cm³/mol. The van der Waals surface area contributed by atoms with Gasteiger partial charge in [-0.15, -0.1) is 11.3 Å². The van der Waals surface area contributed by atoms with Crippen LogP contribution in [0.4, 0.5) is 0 Å². The molecule has 1 aromatic heterocycles. The number of hydrogen-bond donors (Lipinski definition) is 1. The molecular weight excluding hydrogens is 302 g/mol. The largest absolute Gasteiger partial charge is 0.508 e. The molecule has 2 aliphatic rings. The van der Waals surface area contributed by atoms with Gasteiger partial charge in [-0.1, -0.05) is 25.1 Å². The summed E-state index contributed by atoms with van der Waals surface area (Å²) in [6, 6.07) is 11.2. The van der Waals surface area contributed by atoms with Crippen molar-refractivity contribution in [3.63, 3.8) is 0 Å². The molecule has 2 heterocycles. The lowest BCUT2D eigenvalue weighted by Gasteiger charge is -2.47. The summed E-state index contributed by atoms with van der Waals surface area (Å²) in [7, 11) is 0. The molecule has 1 aromatic carbocycles. The van der Waals surface area contributed by atoms with Crippen LogP contribution in [0.2, 0.25) is 0 Å². The molecule has 0 amide bonds. The summed E-state index contributed by atoms with van der Waals surface area (Å²) in [6.07, 6.45) is 4.64. The second kappa shape index (κ2) is 6.29. The first-order valence-corrected chi connectivity index (χ1v) is 9.67. The Labute approximate surface area is 142 Å². The zero-order valence-electron chi connectivity index (χ0n) is 13.7. The number of phenolic OH excluding ortho intramolecular Hbond substituents is 1. The van der Waals surface area contributed by atoms with Crippen molar-refractivity contribution in [3.05, 3.63) is 51.7 Å². The first kappa shape index (κ1) is 15.2. The van der Waals surface area contributed by atoms with Crippen LogP contribution in [0.1, 0.15) is 41.7 Å². The first-order chi connectivity index (χ1) is 11.2. The lowest BCUT2D eigenvalue weighted by atomic mass is 9.71. The number of nitrogens with zero attached hydrogens (tertiary/aromatic N) is 1. The maximum absolute atomic E-state index is 10.2. The highest BCUT2D eigenvalue weighted by molar-refractivity contribution is 7.09. The summed E-state index contributed by atoms with van der Waals surface area (Å²) in [6.45, 7) is 4.77. The van der Waals surface area contributed by atoms with Crippen LogP contribution in [0.3, 0.4) is 0 Å². The molecule has 23 heavy (non-hydrogen) atoms. The Kier molecular flexibility index (Phi) is 4.16. The van der Waals surface area contributed by atoms with Crippen molar-refractivity contribution in [1.29, 1.82) is 0 Å². The van der Waals surface area contributed by atoms with Crippen LogP contribution in [-0.4, -0.2) is 29.1 Å². The number of aromatic hydroxyl groups is 1. The molecule has 4 rings (SSSR count). The number of hydrogen-bond acceptors (Lipinski definition) is 3. The van der Waals surface area contributed by atoms with E-state index in [1.807, 2.05) is 23.5 Å². The molecule has 0 radical (unpaired) electrons. The van der Waals surface area contributed by atoms with Gasteiger partial charge in [-0.2, -0.15) is 0 Å². The highest BCUT2D eigenvalue weighted by Crippen LogP contribution is 2.44. The van der Waals surface area contributed by atoms with Gasteiger partial charge in [-0.3, -0.25) is 4.90 Å². The zero-order chi connectivity index (χ0) is 15.8. The second-order valence-electron chi connectivity index (χ2n) is 7.22. The Hall–Kier alpha value is -1.32. The van der Waals surface area contributed by atoms with Crippen LogP contribution in [0.15, 0.2) is 35.7 Å². The van der Waals surface area contributed by atoms with E-state index < -0.39 is 0 Å². The van der Waals surface area contributed by atoms with Crippen molar-refractivity contribution < 1.29 is 5.11 Å². The van der Waals surface area contributed by atoms with Crippen LogP contribution in [0.25, 0.3) is 0 Å². The van der Waals surface area contributed by atoms with Gasteiger partial charge >= 0.3 is 0 Å². The van der Waals surface area contributed by atoms with Crippen molar-refractivity contribution in [3.8, 4) is 5.75 Å². The van der Waals surface area contributed by atoms with Crippen LogP contribution >= 0.6 is 11.3 Å². The smallest absolute Gasteiger partial charge is 0.119 e. The highest BCUT2D eigenvalue weighted by atomic mass is 32.1. The minimum atomic E-state index is 0.504. The van der Waals surface area contributed by atoms with Gasteiger partial charge in [0.15, 0.2) is 0 Å². The monoisotopic (exact) mass is 327 g/mol. The second-order valence-corrected chi connectivity index (χ2v) is 8.25. The van der Waals surface area contributed by atoms with Gasteiger partial charge in [0.2, 0.25) is 0 Å². The van der Waals surface area contributed by atoms with Crippen molar-refractivity contribution in [2.24, 2.45) is 5.92 Å². The Balaban J connectivity index is 1.56.